The summed E-state index contributed by atoms with van der Waals surface area (Å²) in [5.74, 6) is 2.48. The second kappa shape index (κ2) is 4.35. The van der Waals surface area contributed by atoms with Gasteiger partial charge in [-0.1, -0.05) is 6.92 Å². The third-order valence-corrected chi connectivity index (χ3v) is 2.94. The minimum atomic E-state index is 0.680. The van der Waals surface area contributed by atoms with Crippen LogP contribution in [0.2, 0.25) is 0 Å². The smallest absolute Gasteiger partial charge is 0.119 e. The van der Waals surface area contributed by atoms with E-state index in [4.69, 9.17) is 10.00 Å². The van der Waals surface area contributed by atoms with E-state index in [2.05, 4.69) is 13.0 Å². The molecule has 2 rings (SSSR count). The summed E-state index contributed by atoms with van der Waals surface area (Å²) in [5.41, 5.74) is 0.680. The molecule has 2 heteroatoms. The van der Waals surface area contributed by atoms with Crippen molar-refractivity contribution >= 4 is 0 Å². The lowest BCUT2D eigenvalue weighted by Crippen LogP contribution is -2.26. The molecular formula is C13H15NO. The molecule has 78 valence electrons. The minimum absolute atomic E-state index is 0.680. The first-order valence-corrected chi connectivity index (χ1v) is 5.41. The van der Waals surface area contributed by atoms with Gasteiger partial charge in [0.15, 0.2) is 0 Å². The Morgan fingerprint density at radius 3 is 2.53 bits per heavy atom. The summed E-state index contributed by atoms with van der Waals surface area (Å²) >= 11 is 0. The average molecular weight is 201 g/mol. The van der Waals surface area contributed by atoms with Gasteiger partial charge in [0.25, 0.3) is 0 Å². The van der Waals surface area contributed by atoms with Crippen molar-refractivity contribution in [1.29, 1.82) is 5.26 Å². The number of benzene rings is 1. The molecule has 0 unspecified atom stereocenters. The van der Waals surface area contributed by atoms with Crippen LogP contribution in [0, 0.1) is 23.2 Å². The number of ether oxygens (including phenoxy) is 1. The van der Waals surface area contributed by atoms with Crippen molar-refractivity contribution in [2.24, 2.45) is 11.8 Å². The normalized spacial score (nSPS) is 24.0. The maximum absolute atomic E-state index is 8.63. The van der Waals surface area contributed by atoms with Gasteiger partial charge in [0, 0.05) is 0 Å². The van der Waals surface area contributed by atoms with E-state index in [1.54, 1.807) is 12.1 Å². The zero-order valence-electron chi connectivity index (χ0n) is 8.94. The fraction of sp³-hybridized carbons (Fsp3) is 0.462. The summed E-state index contributed by atoms with van der Waals surface area (Å²) in [7, 11) is 0. The summed E-state index contributed by atoms with van der Waals surface area (Å²) < 4.78 is 5.65. The summed E-state index contributed by atoms with van der Waals surface area (Å²) in [6.45, 7) is 3.09. The Morgan fingerprint density at radius 1 is 1.33 bits per heavy atom. The molecule has 1 aromatic carbocycles. The van der Waals surface area contributed by atoms with E-state index >= 15 is 0 Å². The highest BCUT2D eigenvalue weighted by Crippen LogP contribution is 2.33. The van der Waals surface area contributed by atoms with Gasteiger partial charge < -0.3 is 4.74 Å². The molecule has 0 saturated heterocycles. The molecule has 0 heterocycles. The van der Waals surface area contributed by atoms with Gasteiger partial charge in [-0.05, 0) is 48.9 Å². The van der Waals surface area contributed by atoms with Gasteiger partial charge in [-0.15, -0.1) is 0 Å². The number of rotatable bonds is 3. The van der Waals surface area contributed by atoms with Gasteiger partial charge in [-0.25, -0.2) is 0 Å². The molecule has 0 bridgehead atoms. The van der Waals surface area contributed by atoms with Crippen molar-refractivity contribution in [3.8, 4) is 11.8 Å². The molecular weight excluding hydrogens is 186 g/mol. The van der Waals surface area contributed by atoms with Crippen LogP contribution in [0.4, 0.5) is 0 Å². The molecule has 1 aliphatic rings. The molecule has 0 aromatic heterocycles. The Balaban J connectivity index is 1.81. The summed E-state index contributed by atoms with van der Waals surface area (Å²) in [5, 5.41) is 8.63. The minimum Gasteiger partial charge on any atom is -0.493 e. The second-order valence-corrected chi connectivity index (χ2v) is 4.39. The molecule has 0 aliphatic heterocycles. The van der Waals surface area contributed by atoms with Crippen molar-refractivity contribution in [1.82, 2.24) is 0 Å². The molecule has 0 N–H and O–H groups in total. The fourth-order valence-electron chi connectivity index (χ4n) is 2.04. The van der Waals surface area contributed by atoms with Crippen LogP contribution in [-0.2, 0) is 0 Å². The maximum Gasteiger partial charge on any atom is 0.119 e. The zero-order chi connectivity index (χ0) is 10.7. The fourth-order valence-corrected chi connectivity index (χ4v) is 2.04. The van der Waals surface area contributed by atoms with Gasteiger partial charge >= 0.3 is 0 Å². The van der Waals surface area contributed by atoms with E-state index in [1.807, 2.05) is 12.1 Å². The predicted octanol–water partition coefficient (Wildman–Crippen LogP) is 2.98. The molecule has 0 atom stereocenters. The number of nitrogens with zero attached hydrogens (tertiary/aromatic N) is 1. The molecule has 0 amide bonds. The van der Waals surface area contributed by atoms with E-state index in [1.165, 1.54) is 12.8 Å². The molecule has 0 spiro atoms. The van der Waals surface area contributed by atoms with Gasteiger partial charge in [0.05, 0.1) is 18.2 Å². The quantitative estimate of drug-likeness (QED) is 0.753. The van der Waals surface area contributed by atoms with Crippen LogP contribution in [0.1, 0.15) is 25.3 Å². The average Bonchev–Trinajstić information content (AvgIpc) is 2.23. The molecule has 1 aromatic rings. The summed E-state index contributed by atoms with van der Waals surface area (Å²) in [4.78, 5) is 0. The van der Waals surface area contributed by atoms with Crippen LogP contribution >= 0.6 is 0 Å². The van der Waals surface area contributed by atoms with Crippen LogP contribution in [0.25, 0.3) is 0 Å². The number of nitriles is 1. The lowest BCUT2D eigenvalue weighted by molar-refractivity contribution is 0.131. The topological polar surface area (TPSA) is 33.0 Å². The van der Waals surface area contributed by atoms with Gasteiger partial charge in [0.2, 0.25) is 0 Å². The second-order valence-electron chi connectivity index (χ2n) is 4.39. The van der Waals surface area contributed by atoms with Crippen LogP contribution in [-0.4, -0.2) is 6.61 Å². The third kappa shape index (κ3) is 2.50. The van der Waals surface area contributed by atoms with Gasteiger partial charge in [-0.2, -0.15) is 5.26 Å². The molecule has 1 fully saturated rings. The van der Waals surface area contributed by atoms with E-state index < -0.39 is 0 Å². The summed E-state index contributed by atoms with van der Waals surface area (Å²) in [6.07, 6.45) is 2.58. The van der Waals surface area contributed by atoms with Crippen molar-refractivity contribution < 1.29 is 4.74 Å². The number of hydrogen-bond acceptors (Lipinski definition) is 2. The Labute approximate surface area is 90.5 Å². The van der Waals surface area contributed by atoms with E-state index in [9.17, 15) is 0 Å². The molecule has 1 aliphatic carbocycles. The monoisotopic (exact) mass is 201 g/mol. The third-order valence-electron chi connectivity index (χ3n) is 2.94. The highest BCUT2D eigenvalue weighted by atomic mass is 16.5. The lowest BCUT2D eigenvalue weighted by atomic mass is 9.77. The van der Waals surface area contributed by atoms with Crippen LogP contribution in [0.15, 0.2) is 24.3 Å². The predicted molar refractivity (Wildman–Crippen MR) is 58.5 cm³/mol. The van der Waals surface area contributed by atoms with E-state index in [0.717, 1.165) is 24.2 Å². The van der Waals surface area contributed by atoms with Gasteiger partial charge in [0.1, 0.15) is 5.75 Å². The molecule has 15 heavy (non-hydrogen) atoms. The molecule has 1 saturated carbocycles. The Morgan fingerprint density at radius 2 is 2.00 bits per heavy atom. The van der Waals surface area contributed by atoms with Crippen molar-refractivity contribution in [3.63, 3.8) is 0 Å². The van der Waals surface area contributed by atoms with E-state index in [0.29, 0.717) is 5.56 Å². The van der Waals surface area contributed by atoms with Crippen LogP contribution in [0.5, 0.6) is 5.75 Å². The highest BCUT2D eigenvalue weighted by molar-refractivity contribution is 5.34. The largest absolute Gasteiger partial charge is 0.493 e. The molecule has 2 nitrogen and oxygen atoms in total. The summed E-state index contributed by atoms with van der Waals surface area (Å²) in [6, 6.07) is 9.40. The van der Waals surface area contributed by atoms with E-state index in [-0.39, 0.29) is 0 Å². The van der Waals surface area contributed by atoms with Crippen molar-refractivity contribution in [2.75, 3.05) is 6.61 Å². The maximum atomic E-state index is 8.63. The van der Waals surface area contributed by atoms with Gasteiger partial charge in [-0.3, -0.25) is 0 Å². The van der Waals surface area contributed by atoms with Crippen LogP contribution < -0.4 is 4.74 Å². The SMILES string of the molecule is C[C@H]1C[C@H](COc2ccc(C#N)cc2)C1. The lowest BCUT2D eigenvalue weighted by Gasteiger charge is -2.32. The zero-order valence-corrected chi connectivity index (χ0v) is 8.94. The first kappa shape index (κ1) is 10.0. The Kier molecular flexibility index (Phi) is 2.91. The van der Waals surface area contributed by atoms with Crippen molar-refractivity contribution in [3.05, 3.63) is 29.8 Å². The Hall–Kier alpha value is -1.49. The standard InChI is InChI=1S/C13H15NO/c1-10-6-12(7-10)9-15-13-4-2-11(8-14)3-5-13/h2-5,10,12H,6-7,9H2,1H3/t10-,12-. The van der Waals surface area contributed by atoms with Crippen molar-refractivity contribution in [2.45, 2.75) is 19.8 Å². The number of hydrogen-bond donors (Lipinski definition) is 0. The van der Waals surface area contributed by atoms with Crippen LogP contribution in [0.3, 0.4) is 0 Å². The molecule has 0 radical (unpaired) electrons. The Bertz CT molecular complexity index is 357. The first-order chi connectivity index (χ1) is 7.28. The highest BCUT2D eigenvalue weighted by Gasteiger charge is 2.25. The first-order valence-electron chi connectivity index (χ1n) is 5.41.